The van der Waals surface area contributed by atoms with Gasteiger partial charge >= 0.3 is 0 Å². The standard InChI is InChI=1S/C17H22N4O/c1-17(18)9-3-2-7-14(17)16(22)20-13-6-4-5-12(11-13)15-8-10-19-21-15/h4-6,8,10-11,14H,2-3,7,9,18H2,1H3,(H,19,21)(H,20,22). The molecule has 22 heavy (non-hydrogen) atoms. The summed E-state index contributed by atoms with van der Waals surface area (Å²) in [7, 11) is 0. The van der Waals surface area contributed by atoms with Gasteiger partial charge < -0.3 is 11.1 Å². The number of carbonyl (C=O) groups is 1. The lowest BCUT2D eigenvalue weighted by Gasteiger charge is -2.37. The van der Waals surface area contributed by atoms with Gasteiger partial charge in [0.25, 0.3) is 0 Å². The number of benzene rings is 1. The van der Waals surface area contributed by atoms with Crippen LogP contribution in [-0.2, 0) is 4.79 Å². The van der Waals surface area contributed by atoms with Crippen LogP contribution in [0.5, 0.6) is 0 Å². The Balaban J connectivity index is 1.75. The van der Waals surface area contributed by atoms with E-state index in [0.29, 0.717) is 0 Å². The Bertz CT molecular complexity index is 648. The molecule has 2 unspecified atom stereocenters. The number of nitrogens with one attached hydrogen (secondary N) is 2. The Morgan fingerprint density at radius 1 is 1.41 bits per heavy atom. The quantitative estimate of drug-likeness (QED) is 0.814. The molecule has 1 saturated carbocycles. The molecule has 5 nitrogen and oxygen atoms in total. The van der Waals surface area contributed by atoms with Crippen LogP contribution in [-0.4, -0.2) is 21.6 Å². The second-order valence-corrected chi connectivity index (χ2v) is 6.34. The number of carbonyl (C=O) groups excluding carboxylic acids is 1. The maximum atomic E-state index is 12.6. The predicted octanol–water partition coefficient (Wildman–Crippen LogP) is 2.92. The molecular formula is C17H22N4O. The van der Waals surface area contributed by atoms with Crippen molar-refractivity contribution >= 4 is 11.6 Å². The largest absolute Gasteiger partial charge is 0.326 e. The van der Waals surface area contributed by atoms with Crippen LogP contribution in [0.4, 0.5) is 5.69 Å². The van der Waals surface area contributed by atoms with Crippen LogP contribution >= 0.6 is 0 Å². The van der Waals surface area contributed by atoms with Gasteiger partial charge in [0.05, 0.1) is 11.6 Å². The molecule has 1 fully saturated rings. The van der Waals surface area contributed by atoms with Gasteiger partial charge in [-0.25, -0.2) is 0 Å². The Morgan fingerprint density at radius 2 is 2.27 bits per heavy atom. The van der Waals surface area contributed by atoms with Crippen molar-refractivity contribution in [2.45, 2.75) is 38.1 Å². The van der Waals surface area contributed by atoms with Crippen molar-refractivity contribution in [3.63, 3.8) is 0 Å². The molecule has 1 aliphatic carbocycles. The van der Waals surface area contributed by atoms with Crippen molar-refractivity contribution in [1.82, 2.24) is 10.2 Å². The van der Waals surface area contributed by atoms with E-state index in [9.17, 15) is 4.79 Å². The Kier molecular flexibility index (Phi) is 3.98. The summed E-state index contributed by atoms with van der Waals surface area (Å²) in [5.74, 6) is -0.108. The first-order valence-corrected chi connectivity index (χ1v) is 7.76. The zero-order chi connectivity index (χ0) is 15.6. The molecule has 5 heteroatoms. The highest BCUT2D eigenvalue weighted by atomic mass is 16.1. The highest BCUT2D eigenvalue weighted by molar-refractivity contribution is 5.94. The molecule has 1 aliphatic rings. The number of nitrogens with two attached hydrogens (primary N) is 1. The van der Waals surface area contributed by atoms with E-state index >= 15 is 0 Å². The summed E-state index contributed by atoms with van der Waals surface area (Å²) in [5, 5.41) is 9.90. The number of hydrogen-bond donors (Lipinski definition) is 3. The van der Waals surface area contributed by atoms with Crippen LogP contribution < -0.4 is 11.1 Å². The fourth-order valence-corrected chi connectivity index (χ4v) is 3.20. The SMILES string of the molecule is CC1(N)CCCCC1C(=O)Nc1cccc(-c2ccn[nH]2)c1. The van der Waals surface area contributed by atoms with Gasteiger partial charge in [-0.2, -0.15) is 5.10 Å². The average molecular weight is 298 g/mol. The van der Waals surface area contributed by atoms with Gasteiger partial charge in [-0.15, -0.1) is 0 Å². The van der Waals surface area contributed by atoms with E-state index < -0.39 is 5.54 Å². The van der Waals surface area contributed by atoms with E-state index in [1.54, 1.807) is 6.20 Å². The second-order valence-electron chi connectivity index (χ2n) is 6.34. The molecule has 1 amide bonds. The van der Waals surface area contributed by atoms with Crippen LogP contribution in [0.25, 0.3) is 11.3 Å². The number of anilines is 1. The first-order chi connectivity index (χ1) is 10.6. The molecular weight excluding hydrogens is 276 g/mol. The summed E-state index contributed by atoms with van der Waals surface area (Å²) < 4.78 is 0. The van der Waals surface area contributed by atoms with Crippen molar-refractivity contribution < 1.29 is 4.79 Å². The van der Waals surface area contributed by atoms with Gasteiger partial charge in [-0.05, 0) is 38.0 Å². The minimum Gasteiger partial charge on any atom is -0.326 e. The molecule has 0 spiro atoms. The number of H-pyrrole nitrogens is 1. The Morgan fingerprint density at radius 3 is 3.00 bits per heavy atom. The number of aromatic amines is 1. The third kappa shape index (κ3) is 3.04. The fraction of sp³-hybridized carbons (Fsp3) is 0.412. The van der Waals surface area contributed by atoms with E-state index in [1.165, 1.54) is 0 Å². The summed E-state index contributed by atoms with van der Waals surface area (Å²) in [6.45, 7) is 1.98. The summed E-state index contributed by atoms with van der Waals surface area (Å²) >= 11 is 0. The maximum Gasteiger partial charge on any atom is 0.229 e. The normalized spacial score (nSPS) is 24.9. The van der Waals surface area contributed by atoms with Crippen LogP contribution in [0.3, 0.4) is 0 Å². The fourth-order valence-electron chi connectivity index (χ4n) is 3.20. The molecule has 1 aromatic heterocycles. The Labute approximate surface area is 130 Å². The number of hydrogen-bond acceptors (Lipinski definition) is 3. The molecule has 0 bridgehead atoms. The molecule has 116 valence electrons. The molecule has 0 radical (unpaired) electrons. The highest BCUT2D eigenvalue weighted by Gasteiger charge is 2.37. The van der Waals surface area contributed by atoms with E-state index in [-0.39, 0.29) is 11.8 Å². The van der Waals surface area contributed by atoms with Gasteiger partial charge in [-0.1, -0.05) is 25.0 Å². The lowest BCUT2D eigenvalue weighted by Crippen LogP contribution is -2.51. The summed E-state index contributed by atoms with van der Waals surface area (Å²) in [6.07, 6.45) is 5.64. The van der Waals surface area contributed by atoms with Gasteiger partial charge in [0.2, 0.25) is 5.91 Å². The van der Waals surface area contributed by atoms with Crippen molar-refractivity contribution in [1.29, 1.82) is 0 Å². The van der Waals surface area contributed by atoms with Gasteiger partial charge in [0.1, 0.15) is 0 Å². The first-order valence-electron chi connectivity index (χ1n) is 7.76. The monoisotopic (exact) mass is 298 g/mol. The Hall–Kier alpha value is -2.14. The third-order valence-electron chi connectivity index (χ3n) is 4.51. The van der Waals surface area contributed by atoms with Gasteiger partial charge in [-0.3, -0.25) is 9.89 Å². The lowest BCUT2D eigenvalue weighted by atomic mass is 9.74. The van der Waals surface area contributed by atoms with Gasteiger partial charge in [0.15, 0.2) is 0 Å². The van der Waals surface area contributed by atoms with Crippen molar-refractivity contribution in [3.05, 3.63) is 36.5 Å². The van der Waals surface area contributed by atoms with Gasteiger partial charge in [0, 0.05) is 23.0 Å². The summed E-state index contributed by atoms with van der Waals surface area (Å²) in [6, 6.07) is 9.65. The average Bonchev–Trinajstić information content (AvgIpc) is 3.01. The van der Waals surface area contributed by atoms with Crippen LogP contribution in [0.2, 0.25) is 0 Å². The molecule has 3 rings (SSSR count). The van der Waals surface area contributed by atoms with E-state index in [2.05, 4.69) is 15.5 Å². The first kappa shape index (κ1) is 14.8. The molecule has 0 saturated heterocycles. The van der Waals surface area contributed by atoms with E-state index in [4.69, 9.17) is 5.73 Å². The number of nitrogens with zero attached hydrogens (tertiary/aromatic N) is 1. The minimum atomic E-state index is -0.413. The maximum absolute atomic E-state index is 12.6. The molecule has 2 atom stereocenters. The zero-order valence-corrected chi connectivity index (χ0v) is 12.8. The lowest BCUT2D eigenvalue weighted by molar-refractivity contribution is -0.122. The van der Waals surface area contributed by atoms with E-state index in [0.717, 1.165) is 42.6 Å². The van der Waals surface area contributed by atoms with Crippen LogP contribution in [0, 0.1) is 5.92 Å². The number of rotatable bonds is 3. The molecule has 0 aliphatic heterocycles. The smallest absolute Gasteiger partial charge is 0.229 e. The molecule has 1 aromatic carbocycles. The van der Waals surface area contributed by atoms with Crippen molar-refractivity contribution in [3.8, 4) is 11.3 Å². The summed E-state index contributed by atoms with van der Waals surface area (Å²) in [5.41, 5.74) is 8.61. The number of aromatic nitrogens is 2. The topological polar surface area (TPSA) is 83.8 Å². The van der Waals surface area contributed by atoms with E-state index in [1.807, 2.05) is 37.3 Å². The van der Waals surface area contributed by atoms with Crippen molar-refractivity contribution in [2.75, 3.05) is 5.32 Å². The second kappa shape index (κ2) is 5.93. The molecule has 4 N–H and O–H groups in total. The van der Waals surface area contributed by atoms with Crippen molar-refractivity contribution in [2.24, 2.45) is 11.7 Å². The predicted molar refractivity (Wildman–Crippen MR) is 87.2 cm³/mol. The highest BCUT2D eigenvalue weighted by Crippen LogP contribution is 2.32. The zero-order valence-electron chi connectivity index (χ0n) is 12.8. The van der Waals surface area contributed by atoms with Crippen LogP contribution in [0.15, 0.2) is 36.5 Å². The summed E-state index contributed by atoms with van der Waals surface area (Å²) in [4.78, 5) is 12.6. The number of amides is 1. The molecule has 1 heterocycles. The molecule has 2 aromatic rings. The minimum absolute atomic E-state index is 0.0199. The van der Waals surface area contributed by atoms with Crippen LogP contribution in [0.1, 0.15) is 32.6 Å². The third-order valence-corrected chi connectivity index (χ3v) is 4.51.